The lowest BCUT2D eigenvalue weighted by molar-refractivity contribution is 0.112. The van der Waals surface area contributed by atoms with Crippen LogP contribution in [0.1, 0.15) is 44.7 Å². The molecule has 0 saturated heterocycles. The lowest BCUT2D eigenvalue weighted by Gasteiger charge is -2.26. The second-order valence-corrected chi connectivity index (χ2v) is 6.83. The third-order valence-corrected chi connectivity index (χ3v) is 4.18. The van der Waals surface area contributed by atoms with Gasteiger partial charge in [0.1, 0.15) is 0 Å². The number of nitrogens with one attached hydrogen (secondary N) is 1. The topological polar surface area (TPSA) is 52.6 Å². The highest BCUT2D eigenvalue weighted by Gasteiger charge is 2.31. The van der Waals surface area contributed by atoms with E-state index in [0.29, 0.717) is 18.4 Å². The van der Waals surface area contributed by atoms with Crippen molar-refractivity contribution in [3.63, 3.8) is 0 Å². The lowest BCUT2D eigenvalue weighted by Crippen LogP contribution is -2.43. The molecule has 0 bridgehead atoms. The monoisotopic (exact) mass is 304 g/mol. The Hall–Kier alpha value is -1.55. The van der Waals surface area contributed by atoms with Gasteiger partial charge in [0.2, 0.25) is 0 Å². The summed E-state index contributed by atoms with van der Waals surface area (Å²) < 4.78 is 0. The molecule has 2 N–H and O–H groups in total. The van der Waals surface area contributed by atoms with Gasteiger partial charge in [0, 0.05) is 13.6 Å². The molecule has 1 aromatic carbocycles. The molecule has 1 aliphatic rings. The molecule has 0 aliphatic heterocycles. The first-order valence-electron chi connectivity index (χ1n) is 8.22. The Balaban J connectivity index is 1.94. The van der Waals surface area contributed by atoms with Gasteiger partial charge in [-0.05, 0) is 36.7 Å². The number of rotatable bonds is 7. The molecule has 1 aliphatic carbocycles. The number of nitrogens with zero attached hydrogens (tertiary/aromatic N) is 1. The van der Waals surface area contributed by atoms with E-state index in [9.17, 15) is 9.90 Å². The van der Waals surface area contributed by atoms with Gasteiger partial charge in [-0.25, -0.2) is 4.79 Å². The Bertz CT molecular complexity index is 471. The molecule has 122 valence electrons. The van der Waals surface area contributed by atoms with Gasteiger partial charge in [-0.2, -0.15) is 0 Å². The smallest absolute Gasteiger partial charge is 0.317 e. The number of aliphatic hydroxyl groups is 1. The predicted molar refractivity (Wildman–Crippen MR) is 88.5 cm³/mol. The van der Waals surface area contributed by atoms with Gasteiger partial charge in [-0.15, -0.1) is 0 Å². The Morgan fingerprint density at radius 1 is 1.32 bits per heavy atom. The van der Waals surface area contributed by atoms with Crippen molar-refractivity contribution >= 4 is 6.03 Å². The average Bonchev–Trinajstić information content (AvgIpc) is 3.31. The number of hydrogen-bond acceptors (Lipinski definition) is 2. The second-order valence-electron chi connectivity index (χ2n) is 6.83. The Morgan fingerprint density at radius 2 is 1.95 bits per heavy atom. The Morgan fingerprint density at radius 3 is 2.50 bits per heavy atom. The van der Waals surface area contributed by atoms with Crippen LogP contribution in [0.2, 0.25) is 0 Å². The molecule has 1 saturated carbocycles. The number of carbonyl (C=O) groups excluding carboxylic acids is 1. The number of urea groups is 1. The van der Waals surface area contributed by atoms with Crippen molar-refractivity contribution in [2.24, 2.45) is 11.8 Å². The van der Waals surface area contributed by atoms with Gasteiger partial charge in [-0.1, -0.05) is 44.2 Å². The fraction of sp³-hybridized carbons (Fsp3) is 0.611. The van der Waals surface area contributed by atoms with Crippen LogP contribution in [-0.2, 0) is 0 Å². The molecule has 1 aromatic rings. The minimum atomic E-state index is -0.393. The number of hydrogen-bond donors (Lipinski definition) is 2. The van der Waals surface area contributed by atoms with E-state index >= 15 is 0 Å². The third kappa shape index (κ3) is 5.02. The number of aliphatic hydroxyl groups excluding tert-OH is 1. The van der Waals surface area contributed by atoms with Crippen LogP contribution in [0.4, 0.5) is 4.79 Å². The Kier molecular flexibility index (Phi) is 5.83. The van der Waals surface area contributed by atoms with Crippen molar-refractivity contribution in [2.45, 2.75) is 45.3 Å². The molecule has 0 spiro atoms. The minimum absolute atomic E-state index is 0.00854. The van der Waals surface area contributed by atoms with Crippen LogP contribution in [0.15, 0.2) is 30.3 Å². The van der Waals surface area contributed by atoms with Crippen molar-refractivity contribution in [1.82, 2.24) is 10.2 Å². The first kappa shape index (κ1) is 16.8. The van der Waals surface area contributed by atoms with Crippen molar-refractivity contribution in [2.75, 3.05) is 13.6 Å². The zero-order valence-corrected chi connectivity index (χ0v) is 13.8. The largest absolute Gasteiger partial charge is 0.391 e. The first-order valence-corrected chi connectivity index (χ1v) is 8.22. The summed E-state index contributed by atoms with van der Waals surface area (Å²) in [6.45, 7) is 4.71. The second kappa shape index (κ2) is 7.63. The van der Waals surface area contributed by atoms with Crippen LogP contribution in [0.5, 0.6) is 0 Å². The zero-order valence-electron chi connectivity index (χ0n) is 13.8. The molecular formula is C18H28N2O2. The molecule has 2 unspecified atom stereocenters. The predicted octanol–water partition coefficient (Wildman–Crippen LogP) is 3.19. The lowest BCUT2D eigenvalue weighted by atomic mass is 9.97. The molecular weight excluding hydrogens is 276 g/mol. The minimum Gasteiger partial charge on any atom is -0.391 e. The number of benzene rings is 1. The van der Waals surface area contributed by atoms with Gasteiger partial charge in [0.25, 0.3) is 0 Å². The molecule has 0 aromatic heterocycles. The van der Waals surface area contributed by atoms with E-state index in [-0.39, 0.29) is 12.1 Å². The molecule has 2 amide bonds. The molecule has 1 fully saturated rings. The summed E-state index contributed by atoms with van der Waals surface area (Å²) in [6, 6.07) is 9.96. The molecule has 4 heteroatoms. The van der Waals surface area contributed by atoms with Gasteiger partial charge in [-0.3, -0.25) is 0 Å². The highest BCUT2D eigenvalue weighted by atomic mass is 16.3. The van der Waals surface area contributed by atoms with Gasteiger partial charge < -0.3 is 15.3 Å². The summed E-state index contributed by atoms with van der Waals surface area (Å²) in [5, 5.41) is 13.1. The highest BCUT2D eigenvalue weighted by Crippen LogP contribution is 2.32. The van der Waals surface area contributed by atoms with Crippen molar-refractivity contribution in [1.29, 1.82) is 0 Å². The van der Waals surface area contributed by atoms with Gasteiger partial charge in [0.15, 0.2) is 0 Å². The summed E-state index contributed by atoms with van der Waals surface area (Å²) in [4.78, 5) is 14.0. The van der Waals surface area contributed by atoms with E-state index in [1.54, 1.807) is 11.9 Å². The third-order valence-electron chi connectivity index (χ3n) is 4.18. The van der Waals surface area contributed by atoms with Gasteiger partial charge >= 0.3 is 6.03 Å². The van der Waals surface area contributed by atoms with E-state index in [2.05, 4.69) is 19.2 Å². The quantitative estimate of drug-likeness (QED) is 0.813. The van der Waals surface area contributed by atoms with Crippen molar-refractivity contribution in [3.05, 3.63) is 35.9 Å². The Labute approximate surface area is 133 Å². The van der Waals surface area contributed by atoms with E-state index in [1.807, 2.05) is 30.3 Å². The standard InChI is InChI=1S/C18H28N2O2/c1-13(2)11-16(14-7-5-4-6-8-14)19-18(22)20(3)12-17(21)15-9-10-15/h4-8,13,15-17,21H,9-12H2,1-3H3,(H,19,22). The summed E-state index contributed by atoms with van der Waals surface area (Å²) in [5.41, 5.74) is 1.13. The SMILES string of the molecule is CC(C)CC(NC(=O)N(C)CC(O)C1CC1)c1ccccc1. The molecule has 4 nitrogen and oxygen atoms in total. The van der Waals surface area contributed by atoms with E-state index < -0.39 is 6.10 Å². The fourth-order valence-electron chi connectivity index (χ4n) is 2.69. The summed E-state index contributed by atoms with van der Waals surface area (Å²) in [6.07, 6.45) is 2.66. The van der Waals surface area contributed by atoms with Crippen LogP contribution < -0.4 is 5.32 Å². The van der Waals surface area contributed by atoms with Crippen LogP contribution >= 0.6 is 0 Å². The maximum absolute atomic E-state index is 12.4. The molecule has 0 heterocycles. The maximum Gasteiger partial charge on any atom is 0.317 e. The summed E-state index contributed by atoms with van der Waals surface area (Å²) in [7, 11) is 1.75. The average molecular weight is 304 g/mol. The van der Waals surface area contributed by atoms with Crippen molar-refractivity contribution < 1.29 is 9.90 Å². The number of carbonyl (C=O) groups is 1. The zero-order chi connectivity index (χ0) is 16.1. The van der Waals surface area contributed by atoms with E-state index in [0.717, 1.165) is 24.8 Å². The normalized spacial score (nSPS) is 17.1. The molecule has 22 heavy (non-hydrogen) atoms. The molecule has 0 radical (unpaired) electrons. The number of likely N-dealkylation sites (N-methyl/N-ethyl adjacent to an activating group) is 1. The maximum atomic E-state index is 12.4. The van der Waals surface area contributed by atoms with Crippen LogP contribution in [0, 0.1) is 11.8 Å². The van der Waals surface area contributed by atoms with Crippen molar-refractivity contribution in [3.8, 4) is 0 Å². The fourth-order valence-corrected chi connectivity index (χ4v) is 2.69. The van der Waals surface area contributed by atoms with Gasteiger partial charge in [0.05, 0.1) is 12.1 Å². The van der Waals surface area contributed by atoms with Crippen LogP contribution in [-0.4, -0.2) is 35.7 Å². The number of amides is 2. The van der Waals surface area contributed by atoms with Crippen LogP contribution in [0.3, 0.4) is 0 Å². The summed E-state index contributed by atoms with van der Waals surface area (Å²) in [5.74, 6) is 0.878. The van der Waals surface area contributed by atoms with Crippen LogP contribution in [0.25, 0.3) is 0 Å². The molecule has 2 atom stereocenters. The first-order chi connectivity index (χ1) is 10.5. The van der Waals surface area contributed by atoms with E-state index in [4.69, 9.17) is 0 Å². The highest BCUT2D eigenvalue weighted by molar-refractivity contribution is 5.74. The van der Waals surface area contributed by atoms with E-state index in [1.165, 1.54) is 0 Å². The molecule has 2 rings (SSSR count). The summed E-state index contributed by atoms with van der Waals surface area (Å²) >= 11 is 0.